The number of benzene rings is 3. The molecule has 3 aromatic carbocycles. The zero-order valence-electron chi connectivity index (χ0n) is 19.7. The van der Waals surface area contributed by atoms with Crippen molar-refractivity contribution >= 4 is 16.9 Å². The Morgan fingerprint density at radius 1 is 0.941 bits per heavy atom. The highest BCUT2D eigenvalue weighted by Crippen LogP contribution is 2.27. The third-order valence-electron chi connectivity index (χ3n) is 5.65. The Hall–Kier alpha value is -3.80. The number of hydrogen-bond donors (Lipinski definition) is 1. The molecule has 4 aromatic rings. The summed E-state index contributed by atoms with van der Waals surface area (Å²) in [5, 5.41) is 3.12. The molecule has 0 aliphatic carbocycles. The number of imidazole rings is 1. The van der Waals surface area contributed by atoms with E-state index in [4.69, 9.17) is 14.5 Å². The topological polar surface area (TPSA) is 65.4 Å². The average molecular weight is 458 g/mol. The van der Waals surface area contributed by atoms with E-state index >= 15 is 0 Å². The molecule has 0 radical (unpaired) electrons. The van der Waals surface area contributed by atoms with Crippen LogP contribution in [0, 0.1) is 0 Å². The SMILES string of the molecule is CCOc1ccccc1OCCn1c(C(C)NC(=O)CCc2ccccc2)nc2ccccc21. The van der Waals surface area contributed by atoms with E-state index in [1.54, 1.807) is 0 Å². The maximum atomic E-state index is 12.6. The molecule has 0 saturated carbocycles. The Morgan fingerprint density at radius 2 is 1.62 bits per heavy atom. The van der Waals surface area contributed by atoms with E-state index in [-0.39, 0.29) is 11.9 Å². The summed E-state index contributed by atoms with van der Waals surface area (Å²) >= 11 is 0. The van der Waals surface area contributed by atoms with Gasteiger partial charge in [0.1, 0.15) is 12.4 Å². The Labute approximate surface area is 200 Å². The minimum atomic E-state index is -0.230. The largest absolute Gasteiger partial charge is 0.490 e. The van der Waals surface area contributed by atoms with Gasteiger partial charge in [-0.15, -0.1) is 0 Å². The van der Waals surface area contributed by atoms with E-state index in [1.165, 1.54) is 0 Å². The third-order valence-corrected chi connectivity index (χ3v) is 5.65. The van der Waals surface area contributed by atoms with Crippen molar-refractivity contribution in [2.75, 3.05) is 13.2 Å². The molecule has 1 atom stereocenters. The fourth-order valence-electron chi connectivity index (χ4n) is 4.03. The maximum absolute atomic E-state index is 12.6. The van der Waals surface area contributed by atoms with Crippen molar-refractivity contribution in [1.82, 2.24) is 14.9 Å². The molecule has 176 valence electrons. The van der Waals surface area contributed by atoms with Crippen LogP contribution in [0.15, 0.2) is 78.9 Å². The second kappa shape index (κ2) is 11.4. The van der Waals surface area contributed by atoms with Crippen molar-refractivity contribution in [1.29, 1.82) is 0 Å². The molecule has 1 N–H and O–H groups in total. The van der Waals surface area contributed by atoms with Gasteiger partial charge in [0.15, 0.2) is 11.5 Å². The van der Waals surface area contributed by atoms with Crippen LogP contribution in [0.2, 0.25) is 0 Å². The maximum Gasteiger partial charge on any atom is 0.220 e. The number of hydrogen-bond acceptors (Lipinski definition) is 4. The van der Waals surface area contributed by atoms with Crippen molar-refractivity contribution in [3.63, 3.8) is 0 Å². The zero-order valence-corrected chi connectivity index (χ0v) is 19.7. The molecular weight excluding hydrogens is 426 g/mol. The van der Waals surface area contributed by atoms with Gasteiger partial charge in [0.25, 0.3) is 0 Å². The number of carbonyl (C=O) groups is 1. The first kappa shape index (κ1) is 23.4. The lowest BCUT2D eigenvalue weighted by molar-refractivity contribution is -0.121. The van der Waals surface area contributed by atoms with Gasteiger partial charge in [-0.3, -0.25) is 4.79 Å². The highest BCUT2D eigenvalue weighted by atomic mass is 16.5. The van der Waals surface area contributed by atoms with Crippen LogP contribution >= 0.6 is 0 Å². The summed E-state index contributed by atoms with van der Waals surface area (Å²) in [6.45, 7) is 5.56. The monoisotopic (exact) mass is 457 g/mol. The van der Waals surface area contributed by atoms with Crippen molar-refractivity contribution in [3.8, 4) is 11.5 Å². The standard InChI is InChI=1S/C28H31N3O3/c1-3-33-25-15-9-10-16-26(25)34-20-19-31-24-14-8-7-13-23(24)30-28(31)21(2)29-27(32)18-17-22-11-5-4-6-12-22/h4-16,21H,3,17-20H2,1-2H3,(H,29,32). The molecule has 0 spiro atoms. The minimum absolute atomic E-state index is 0.0110. The number of carbonyl (C=O) groups excluding carboxylic acids is 1. The van der Waals surface area contributed by atoms with Gasteiger partial charge in [0.05, 0.1) is 30.2 Å². The van der Waals surface area contributed by atoms with Crippen LogP contribution in [0.5, 0.6) is 11.5 Å². The van der Waals surface area contributed by atoms with Crippen LogP contribution in [-0.4, -0.2) is 28.7 Å². The number of aromatic nitrogens is 2. The smallest absolute Gasteiger partial charge is 0.220 e. The molecule has 6 nitrogen and oxygen atoms in total. The summed E-state index contributed by atoms with van der Waals surface area (Å²) < 4.78 is 13.8. The lowest BCUT2D eigenvalue weighted by atomic mass is 10.1. The van der Waals surface area contributed by atoms with E-state index in [0.29, 0.717) is 32.6 Å². The number of ether oxygens (including phenoxy) is 2. The van der Waals surface area contributed by atoms with Crippen molar-refractivity contribution < 1.29 is 14.3 Å². The van der Waals surface area contributed by atoms with Crippen LogP contribution < -0.4 is 14.8 Å². The van der Waals surface area contributed by atoms with Gasteiger partial charge in [-0.05, 0) is 50.1 Å². The van der Waals surface area contributed by atoms with Crippen molar-refractivity contribution in [2.45, 2.75) is 39.3 Å². The summed E-state index contributed by atoms with van der Waals surface area (Å²) in [7, 11) is 0. The number of para-hydroxylation sites is 4. The molecule has 1 heterocycles. The van der Waals surface area contributed by atoms with E-state index in [9.17, 15) is 4.79 Å². The number of aryl methyl sites for hydroxylation is 1. The fourth-order valence-corrected chi connectivity index (χ4v) is 4.03. The van der Waals surface area contributed by atoms with Crippen molar-refractivity contribution in [3.05, 3.63) is 90.3 Å². The molecule has 0 aliphatic heterocycles. The molecular formula is C28H31N3O3. The van der Waals surface area contributed by atoms with Crippen LogP contribution in [0.1, 0.15) is 37.7 Å². The Kier molecular flexibility index (Phi) is 7.81. The highest BCUT2D eigenvalue weighted by Gasteiger charge is 2.18. The van der Waals surface area contributed by atoms with Gasteiger partial charge in [-0.1, -0.05) is 54.6 Å². The van der Waals surface area contributed by atoms with E-state index in [1.807, 2.05) is 92.7 Å². The summed E-state index contributed by atoms with van der Waals surface area (Å²) in [6, 6.07) is 25.5. The normalized spacial score (nSPS) is 11.8. The second-order valence-electron chi connectivity index (χ2n) is 8.11. The van der Waals surface area contributed by atoms with Gasteiger partial charge in [-0.25, -0.2) is 4.98 Å². The Bertz CT molecular complexity index is 1220. The molecule has 0 saturated heterocycles. The summed E-state index contributed by atoms with van der Waals surface area (Å²) in [6.07, 6.45) is 1.15. The first-order valence-electron chi connectivity index (χ1n) is 11.8. The summed E-state index contributed by atoms with van der Waals surface area (Å²) in [5.74, 6) is 2.28. The van der Waals surface area contributed by atoms with E-state index < -0.39 is 0 Å². The minimum Gasteiger partial charge on any atom is -0.490 e. The predicted molar refractivity (Wildman–Crippen MR) is 134 cm³/mol. The molecule has 34 heavy (non-hydrogen) atoms. The van der Waals surface area contributed by atoms with Gasteiger partial charge in [0.2, 0.25) is 5.91 Å². The molecule has 0 fully saturated rings. The second-order valence-corrected chi connectivity index (χ2v) is 8.11. The number of rotatable bonds is 11. The quantitative estimate of drug-likeness (QED) is 0.331. The molecule has 1 unspecified atom stereocenters. The lowest BCUT2D eigenvalue weighted by Crippen LogP contribution is -2.29. The van der Waals surface area contributed by atoms with Crippen LogP contribution in [-0.2, 0) is 17.8 Å². The van der Waals surface area contributed by atoms with Crippen LogP contribution in [0.25, 0.3) is 11.0 Å². The molecule has 1 aromatic heterocycles. The number of fused-ring (bicyclic) bond motifs is 1. The molecule has 6 heteroatoms. The summed E-state index contributed by atoms with van der Waals surface area (Å²) in [5.41, 5.74) is 3.07. The number of nitrogens with one attached hydrogen (secondary N) is 1. The molecule has 0 bridgehead atoms. The van der Waals surface area contributed by atoms with E-state index in [2.05, 4.69) is 9.88 Å². The zero-order chi connectivity index (χ0) is 23.8. The Balaban J connectivity index is 1.45. The first-order chi connectivity index (χ1) is 16.7. The van der Waals surface area contributed by atoms with Gasteiger partial charge < -0.3 is 19.4 Å². The lowest BCUT2D eigenvalue weighted by Gasteiger charge is -2.17. The Morgan fingerprint density at radius 3 is 2.38 bits per heavy atom. The van der Waals surface area contributed by atoms with Crippen LogP contribution in [0.3, 0.4) is 0 Å². The molecule has 4 rings (SSSR count). The predicted octanol–water partition coefficient (Wildman–Crippen LogP) is 5.32. The van der Waals surface area contributed by atoms with E-state index in [0.717, 1.165) is 33.9 Å². The van der Waals surface area contributed by atoms with Crippen LogP contribution in [0.4, 0.5) is 0 Å². The number of nitrogens with zero attached hydrogens (tertiary/aromatic N) is 2. The number of amides is 1. The molecule has 1 amide bonds. The highest BCUT2D eigenvalue weighted by molar-refractivity contribution is 5.78. The van der Waals surface area contributed by atoms with Gasteiger partial charge >= 0.3 is 0 Å². The average Bonchev–Trinajstić information content (AvgIpc) is 3.23. The van der Waals surface area contributed by atoms with Gasteiger partial charge in [0, 0.05) is 6.42 Å². The molecule has 0 aliphatic rings. The van der Waals surface area contributed by atoms with Gasteiger partial charge in [-0.2, -0.15) is 0 Å². The van der Waals surface area contributed by atoms with Crippen molar-refractivity contribution in [2.24, 2.45) is 0 Å². The third kappa shape index (κ3) is 5.76. The summed E-state index contributed by atoms with van der Waals surface area (Å²) in [4.78, 5) is 17.5. The fraction of sp³-hybridized carbons (Fsp3) is 0.286. The first-order valence-corrected chi connectivity index (χ1v) is 11.8.